The summed E-state index contributed by atoms with van der Waals surface area (Å²) in [4.78, 5) is 20.8. The summed E-state index contributed by atoms with van der Waals surface area (Å²) >= 11 is 12.3. The van der Waals surface area contributed by atoms with Crippen LogP contribution in [-0.4, -0.2) is 28.5 Å². The van der Waals surface area contributed by atoms with Crippen molar-refractivity contribution < 1.29 is 4.79 Å². The van der Waals surface area contributed by atoms with Gasteiger partial charge in [0, 0.05) is 40.4 Å². The number of nitrogens with one attached hydrogen (secondary N) is 2. The first-order valence-electron chi connectivity index (χ1n) is 10.9. The molecule has 33 heavy (non-hydrogen) atoms. The number of anilines is 1. The number of carbonyl (C=O) groups excluding carboxylic acids is 1. The normalized spacial score (nSPS) is 16.1. The molecule has 1 atom stereocenters. The Kier molecular flexibility index (Phi) is 6.16. The van der Waals surface area contributed by atoms with E-state index in [1.165, 1.54) is 0 Å². The van der Waals surface area contributed by atoms with Gasteiger partial charge in [0.25, 0.3) is 0 Å². The molecule has 0 spiro atoms. The lowest BCUT2D eigenvalue weighted by atomic mass is 9.84. The summed E-state index contributed by atoms with van der Waals surface area (Å²) in [6.45, 7) is 0.667. The van der Waals surface area contributed by atoms with Gasteiger partial charge in [-0.25, -0.2) is 9.97 Å². The summed E-state index contributed by atoms with van der Waals surface area (Å²) in [6, 6.07) is 22.1. The highest BCUT2D eigenvalue weighted by molar-refractivity contribution is 6.30. The van der Waals surface area contributed by atoms with Gasteiger partial charge in [-0.1, -0.05) is 53.5 Å². The van der Waals surface area contributed by atoms with Gasteiger partial charge in [0.2, 0.25) is 5.91 Å². The summed E-state index contributed by atoms with van der Waals surface area (Å²) in [6.07, 6.45) is 2.85. The zero-order chi connectivity index (χ0) is 22.8. The van der Waals surface area contributed by atoms with Gasteiger partial charge in [-0.15, -0.1) is 0 Å². The van der Waals surface area contributed by atoms with Crippen molar-refractivity contribution in [3.05, 3.63) is 99.8 Å². The predicted molar refractivity (Wildman–Crippen MR) is 133 cm³/mol. The van der Waals surface area contributed by atoms with Crippen LogP contribution in [-0.2, 0) is 4.79 Å². The Morgan fingerprint density at radius 1 is 0.879 bits per heavy atom. The molecule has 166 valence electrons. The van der Waals surface area contributed by atoms with Crippen molar-refractivity contribution in [2.75, 3.05) is 11.9 Å². The summed E-state index contributed by atoms with van der Waals surface area (Å²) in [7, 11) is 0. The molecule has 0 saturated carbocycles. The molecule has 3 aromatic carbocycles. The first-order valence-corrected chi connectivity index (χ1v) is 11.6. The smallest absolute Gasteiger partial charge is 0.222 e. The number of carbonyl (C=O) groups is 1. The SMILES string of the molecule is O=C1CC(Nc2ncnc3ccc(C(c4ccc(Cl)cc4)c4ccc(Cl)cc4)cc23)CCN1. The Morgan fingerprint density at radius 3 is 2.15 bits per heavy atom. The maximum atomic E-state index is 11.8. The van der Waals surface area contributed by atoms with Crippen LogP contribution in [0.4, 0.5) is 5.82 Å². The van der Waals surface area contributed by atoms with Crippen LogP contribution in [0.1, 0.15) is 35.4 Å². The third-order valence-electron chi connectivity index (χ3n) is 5.99. The minimum atomic E-state index is -0.0163. The van der Waals surface area contributed by atoms with Crippen molar-refractivity contribution in [2.45, 2.75) is 24.8 Å². The number of hydrogen-bond donors (Lipinski definition) is 2. The van der Waals surface area contributed by atoms with Crippen LogP contribution < -0.4 is 10.6 Å². The highest BCUT2D eigenvalue weighted by Crippen LogP contribution is 2.35. The lowest BCUT2D eigenvalue weighted by Crippen LogP contribution is -2.39. The molecule has 0 aliphatic carbocycles. The minimum absolute atomic E-state index is 0.0163. The van der Waals surface area contributed by atoms with Gasteiger partial charge in [0.15, 0.2) is 0 Å². The molecule has 7 heteroatoms. The fraction of sp³-hybridized carbons (Fsp3) is 0.192. The molecule has 1 amide bonds. The van der Waals surface area contributed by atoms with Crippen LogP contribution >= 0.6 is 23.2 Å². The Balaban J connectivity index is 1.58. The molecule has 1 saturated heterocycles. The van der Waals surface area contributed by atoms with Crippen molar-refractivity contribution in [2.24, 2.45) is 0 Å². The number of fused-ring (bicyclic) bond motifs is 1. The van der Waals surface area contributed by atoms with Gasteiger partial charge in [-0.3, -0.25) is 4.79 Å². The van der Waals surface area contributed by atoms with Crippen LogP contribution in [0.15, 0.2) is 73.1 Å². The van der Waals surface area contributed by atoms with Gasteiger partial charge in [-0.2, -0.15) is 0 Å². The molecule has 1 fully saturated rings. The van der Waals surface area contributed by atoms with E-state index in [4.69, 9.17) is 23.2 Å². The molecule has 5 nitrogen and oxygen atoms in total. The number of nitrogens with zero attached hydrogens (tertiary/aromatic N) is 2. The van der Waals surface area contributed by atoms with Crippen molar-refractivity contribution in [1.29, 1.82) is 0 Å². The van der Waals surface area contributed by atoms with E-state index in [1.54, 1.807) is 6.33 Å². The van der Waals surface area contributed by atoms with E-state index in [0.29, 0.717) is 23.0 Å². The lowest BCUT2D eigenvalue weighted by Gasteiger charge is -2.24. The average Bonchev–Trinajstić information content (AvgIpc) is 2.82. The zero-order valence-electron chi connectivity index (χ0n) is 17.8. The summed E-state index contributed by atoms with van der Waals surface area (Å²) in [5.74, 6) is 0.785. The standard InChI is InChI=1S/C26H22Cl2N4O/c27-19-6-1-16(2-7-19)25(17-3-8-20(28)9-4-17)18-5-10-23-22(13-18)26(31-15-30-23)32-21-11-12-29-24(33)14-21/h1-10,13,15,21,25H,11-12,14H2,(H,29,33)(H,30,31,32). The lowest BCUT2D eigenvalue weighted by molar-refractivity contribution is -0.122. The monoisotopic (exact) mass is 476 g/mol. The second kappa shape index (κ2) is 9.38. The van der Waals surface area contributed by atoms with E-state index in [-0.39, 0.29) is 17.9 Å². The topological polar surface area (TPSA) is 66.9 Å². The number of amides is 1. The highest BCUT2D eigenvalue weighted by Gasteiger charge is 2.21. The Bertz CT molecular complexity index is 1250. The third kappa shape index (κ3) is 4.80. The van der Waals surface area contributed by atoms with Gasteiger partial charge >= 0.3 is 0 Å². The largest absolute Gasteiger partial charge is 0.366 e. The van der Waals surface area contributed by atoms with E-state index in [9.17, 15) is 4.79 Å². The number of aromatic nitrogens is 2. The minimum Gasteiger partial charge on any atom is -0.366 e. The van der Waals surface area contributed by atoms with Crippen LogP contribution in [0.2, 0.25) is 10.0 Å². The van der Waals surface area contributed by atoms with Crippen molar-refractivity contribution >= 4 is 45.8 Å². The van der Waals surface area contributed by atoms with Crippen molar-refractivity contribution in [3.8, 4) is 0 Å². The van der Waals surface area contributed by atoms with E-state index in [1.807, 2.05) is 54.6 Å². The zero-order valence-corrected chi connectivity index (χ0v) is 19.3. The van der Waals surface area contributed by atoms with Crippen LogP contribution in [0.3, 0.4) is 0 Å². The van der Waals surface area contributed by atoms with Crippen LogP contribution in [0.25, 0.3) is 10.9 Å². The van der Waals surface area contributed by atoms with Gasteiger partial charge < -0.3 is 10.6 Å². The molecule has 4 aromatic rings. The van der Waals surface area contributed by atoms with E-state index in [2.05, 4.69) is 32.7 Å². The van der Waals surface area contributed by atoms with Crippen molar-refractivity contribution in [3.63, 3.8) is 0 Å². The molecular weight excluding hydrogens is 455 g/mol. The predicted octanol–water partition coefficient (Wildman–Crippen LogP) is 5.81. The molecule has 2 heterocycles. The average molecular weight is 477 g/mol. The molecule has 1 aliphatic heterocycles. The van der Waals surface area contributed by atoms with Gasteiger partial charge in [0.05, 0.1) is 5.52 Å². The number of hydrogen-bond acceptors (Lipinski definition) is 4. The number of rotatable bonds is 5. The first-order chi connectivity index (χ1) is 16.1. The Morgan fingerprint density at radius 2 is 1.52 bits per heavy atom. The molecular formula is C26H22Cl2N4O. The second-order valence-corrected chi connectivity index (χ2v) is 9.09. The molecule has 1 aromatic heterocycles. The second-order valence-electron chi connectivity index (χ2n) is 8.22. The first kappa shape index (κ1) is 21.7. The van der Waals surface area contributed by atoms with Gasteiger partial charge in [-0.05, 0) is 59.5 Å². The molecule has 1 unspecified atom stereocenters. The molecule has 5 rings (SSSR count). The van der Waals surface area contributed by atoms with Crippen LogP contribution in [0, 0.1) is 0 Å². The molecule has 2 N–H and O–H groups in total. The molecule has 0 radical (unpaired) electrons. The maximum absolute atomic E-state index is 11.8. The summed E-state index contributed by atoms with van der Waals surface area (Å²) in [5.41, 5.74) is 4.20. The fourth-order valence-electron chi connectivity index (χ4n) is 4.36. The van der Waals surface area contributed by atoms with E-state index < -0.39 is 0 Å². The third-order valence-corrected chi connectivity index (χ3v) is 6.49. The van der Waals surface area contributed by atoms with E-state index >= 15 is 0 Å². The van der Waals surface area contributed by atoms with Crippen LogP contribution in [0.5, 0.6) is 0 Å². The Hall–Kier alpha value is -3.15. The highest BCUT2D eigenvalue weighted by atomic mass is 35.5. The fourth-order valence-corrected chi connectivity index (χ4v) is 4.61. The molecule has 0 bridgehead atoms. The maximum Gasteiger partial charge on any atom is 0.222 e. The quantitative estimate of drug-likeness (QED) is 0.356. The molecule has 1 aliphatic rings. The Labute approximate surface area is 202 Å². The number of benzene rings is 3. The summed E-state index contributed by atoms with van der Waals surface area (Å²) in [5, 5.41) is 8.66. The summed E-state index contributed by atoms with van der Waals surface area (Å²) < 4.78 is 0. The van der Waals surface area contributed by atoms with Crippen molar-refractivity contribution in [1.82, 2.24) is 15.3 Å². The van der Waals surface area contributed by atoms with E-state index in [0.717, 1.165) is 39.8 Å². The number of piperidine rings is 1. The van der Waals surface area contributed by atoms with Gasteiger partial charge in [0.1, 0.15) is 12.1 Å². The number of halogens is 2.